The molecule has 2 amide bonds. The van der Waals surface area contributed by atoms with Crippen LogP contribution in [0, 0.1) is 29.1 Å². The third kappa shape index (κ3) is 17.5. The van der Waals surface area contributed by atoms with Gasteiger partial charge in [-0.15, -0.1) is 0 Å². The fraction of sp³-hybridized carbons (Fsp3) is 0.527. The van der Waals surface area contributed by atoms with Crippen molar-refractivity contribution in [3.8, 4) is 11.5 Å². The van der Waals surface area contributed by atoms with Crippen molar-refractivity contribution in [3.05, 3.63) is 107 Å². The van der Waals surface area contributed by atoms with Crippen LogP contribution in [0.25, 0.3) is 0 Å². The largest absolute Gasteiger partial charge is 0.483 e. The minimum Gasteiger partial charge on any atom is -0.483 e. The number of carbonyl (C=O) groups excluding carboxylic acids is 6. The van der Waals surface area contributed by atoms with Gasteiger partial charge in [0.2, 0.25) is 11.8 Å². The number of hydrogen-bond acceptors (Lipinski definition) is 12. The predicted molar refractivity (Wildman–Crippen MR) is 268 cm³/mol. The molecule has 2 fully saturated rings. The number of carbonyl (C=O) groups is 6. The number of benzene rings is 3. The van der Waals surface area contributed by atoms with Gasteiger partial charge in [-0.1, -0.05) is 95.3 Å². The molecule has 15 heteroatoms. The monoisotopic (exact) mass is 966 g/mol. The zero-order valence-electron chi connectivity index (χ0n) is 42.1. The van der Waals surface area contributed by atoms with E-state index in [0.717, 1.165) is 29.5 Å². The van der Waals surface area contributed by atoms with Gasteiger partial charge in [0, 0.05) is 48.8 Å². The van der Waals surface area contributed by atoms with Gasteiger partial charge < -0.3 is 40.5 Å². The van der Waals surface area contributed by atoms with E-state index in [-0.39, 0.29) is 79.2 Å². The van der Waals surface area contributed by atoms with Crippen molar-refractivity contribution in [2.24, 2.45) is 40.7 Å². The third-order valence-corrected chi connectivity index (χ3v) is 13.3. The van der Waals surface area contributed by atoms with E-state index in [1.54, 1.807) is 12.1 Å². The second-order valence-electron chi connectivity index (χ2n) is 20.6. The number of morpholine rings is 1. The molecule has 7 N–H and O–H groups in total. The number of rotatable bonds is 29. The van der Waals surface area contributed by atoms with Gasteiger partial charge in [-0.05, 0) is 86.1 Å². The minimum absolute atomic E-state index is 0.0174. The molecule has 2 aliphatic rings. The van der Waals surface area contributed by atoms with Gasteiger partial charge in [0.05, 0.1) is 31.0 Å². The lowest BCUT2D eigenvalue weighted by Crippen LogP contribution is -2.57. The van der Waals surface area contributed by atoms with E-state index in [4.69, 9.17) is 25.8 Å². The predicted octanol–water partition coefficient (Wildman–Crippen LogP) is 6.06. The summed E-state index contributed by atoms with van der Waals surface area (Å²) in [5.74, 6) is 2.92. The summed E-state index contributed by atoms with van der Waals surface area (Å²) in [4.78, 5) is 83.7. The number of ketones is 3. The Hall–Kier alpha value is -5.90. The fourth-order valence-electron chi connectivity index (χ4n) is 9.25. The van der Waals surface area contributed by atoms with Crippen molar-refractivity contribution >= 4 is 35.1 Å². The highest BCUT2D eigenvalue weighted by Crippen LogP contribution is 2.47. The highest BCUT2D eigenvalue weighted by Gasteiger charge is 2.48. The molecular weight excluding hydrogens is 889 g/mol. The summed E-state index contributed by atoms with van der Waals surface area (Å²) in [7, 11) is 0. The van der Waals surface area contributed by atoms with Crippen molar-refractivity contribution in [1.29, 1.82) is 0 Å². The molecule has 70 heavy (non-hydrogen) atoms. The van der Waals surface area contributed by atoms with Gasteiger partial charge in [-0.3, -0.25) is 34.6 Å². The minimum atomic E-state index is -0.909. The Bertz CT molecular complexity index is 2260. The molecule has 5 rings (SSSR count). The normalized spacial score (nSPS) is 16.8. The summed E-state index contributed by atoms with van der Waals surface area (Å²) in [5.41, 5.74) is 11.0. The number of nitrogens with zero attached hydrogens (tertiary/aromatic N) is 1. The van der Waals surface area contributed by atoms with Crippen LogP contribution in [-0.2, 0) is 52.9 Å². The molecule has 0 spiro atoms. The first kappa shape index (κ1) is 55.0. The molecule has 1 aliphatic carbocycles. The Morgan fingerprint density at radius 1 is 0.771 bits per heavy atom. The van der Waals surface area contributed by atoms with Gasteiger partial charge in [-0.2, -0.15) is 0 Å². The van der Waals surface area contributed by atoms with Gasteiger partial charge in [0.15, 0.2) is 28.8 Å². The van der Waals surface area contributed by atoms with Crippen LogP contribution < -0.4 is 37.1 Å². The quantitative estimate of drug-likeness (QED) is 0.0176. The standard InChI is InChI=1S/C55H76N6O9/c1-37(2)27-47(49(64)32-44(29-41-15-11-8-12-16-41)54(67)60-48(28-38(3)4)52(65)55(6)21-22-55)59-53(66)43(19-17-40-13-9-7-10-14-40)31-46(63)35-61(23-25-68-26-24-61)34-42-18-20-50(70-39(5)62)51(30-42)69-36-45(56)33-58-57/h7-16,18,20,30,33,37-38,43-44,47-48,58H,17,19,21-29,31-32,34-36,56-57H2,1-6H3,(H-,59,60,66,67)/p+1/b45-33-/t43-,44-,47+,48+/m1/s1. The maximum absolute atomic E-state index is 14.7. The van der Waals surface area contributed by atoms with E-state index in [0.29, 0.717) is 74.5 Å². The van der Waals surface area contributed by atoms with E-state index in [1.807, 2.05) is 101 Å². The molecule has 1 saturated heterocycles. The smallest absolute Gasteiger partial charge is 0.308 e. The molecule has 1 aliphatic heterocycles. The zero-order chi connectivity index (χ0) is 50.8. The Morgan fingerprint density at radius 3 is 1.97 bits per heavy atom. The second-order valence-corrected chi connectivity index (χ2v) is 20.6. The van der Waals surface area contributed by atoms with Crippen molar-refractivity contribution in [2.75, 3.05) is 39.5 Å². The highest BCUT2D eigenvalue weighted by molar-refractivity contribution is 5.97. The summed E-state index contributed by atoms with van der Waals surface area (Å²) in [6, 6.07) is 23.0. The average Bonchev–Trinajstić information content (AvgIpc) is 4.07. The van der Waals surface area contributed by atoms with Crippen LogP contribution in [0.3, 0.4) is 0 Å². The average molecular weight is 966 g/mol. The second kappa shape index (κ2) is 26.3. The van der Waals surface area contributed by atoms with Crippen LogP contribution in [0.5, 0.6) is 11.5 Å². The van der Waals surface area contributed by atoms with Gasteiger partial charge >= 0.3 is 5.97 Å². The summed E-state index contributed by atoms with van der Waals surface area (Å²) in [6.45, 7) is 13.7. The van der Waals surface area contributed by atoms with Crippen molar-refractivity contribution in [1.82, 2.24) is 16.1 Å². The Kier molecular flexibility index (Phi) is 20.7. The van der Waals surface area contributed by atoms with Gasteiger partial charge in [-0.25, -0.2) is 0 Å². The molecule has 1 heterocycles. The molecule has 3 aromatic carbocycles. The number of ether oxygens (including phenoxy) is 3. The first-order valence-electron chi connectivity index (χ1n) is 24.9. The lowest BCUT2D eigenvalue weighted by Gasteiger charge is -2.41. The van der Waals surface area contributed by atoms with E-state index < -0.39 is 35.3 Å². The summed E-state index contributed by atoms with van der Waals surface area (Å²) < 4.78 is 17.5. The fourth-order valence-corrected chi connectivity index (χ4v) is 9.25. The topological polar surface area (TPSA) is 218 Å². The maximum Gasteiger partial charge on any atom is 0.308 e. The number of nitrogens with one attached hydrogen (secondary N) is 3. The molecule has 0 aromatic heterocycles. The summed E-state index contributed by atoms with van der Waals surface area (Å²) >= 11 is 0. The molecule has 4 atom stereocenters. The number of nitrogens with two attached hydrogens (primary N) is 2. The van der Waals surface area contributed by atoms with Crippen LogP contribution in [-0.4, -0.2) is 91.2 Å². The van der Waals surface area contributed by atoms with E-state index in [1.165, 1.54) is 13.1 Å². The van der Waals surface area contributed by atoms with Crippen LogP contribution in [0.2, 0.25) is 0 Å². The molecule has 1 saturated carbocycles. The summed E-state index contributed by atoms with van der Waals surface area (Å²) in [6.07, 6.45) is 4.80. The molecule has 3 aromatic rings. The number of aryl methyl sites for hydroxylation is 1. The number of esters is 1. The van der Waals surface area contributed by atoms with E-state index >= 15 is 0 Å². The Balaban J connectivity index is 1.37. The number of amides is 2. The lowest BCUT2D eigenvalue weighted by molar-refractivity contribution is -0.940. The van der Waals surface area contributed by atoms with Crippen molar-refractivity contribution < 1.29 is 47.5 Å². The first-order chi connectivity index (χ1) is 33.4. The Morgan fingerprint density at radius 2 is 1.37 bits per heavy atom. The summed E-state index contributed by atoms with van der Waals surface area (Å²) in [5, 5.41) is 6.17. The lowest BCUT2D eigenvalue weighted by atomic mass is 9.87. The molecule has 0 unspecified atom stereocenters. The van der Waals surface area contributed by atoms with Gasteiger partial charge in [0.25, 0.3) is 0 Å². The number of Topliss-reactive ketones (excluding diaryl/α,β-unsaturated/α-hetero) is 3. The highest BCUT2D eigenvalue weighted by atomic mass is 16.6. The van der Waals surface area contributed by atoms with Crippen LogP contribution >= 0.6 is 0 Å². The SMILES string of the molecule is CC(=O)Oc1ccc(C[N+]2(CC(=O)C[C@@H](CCc3ccccc3)C(=O)N[C@@H](CC(C)C)C(=O)C[C@@H](Cc3ccccc3)C(=O)N[C@@H](CC(C)C)C(=O)C3(C)CC3)CCOCC2)cc1OC/C(N)=C/NN. The van der Waals surface area contributed by atoms with Crippen LogP contribution in [0.4, 0.5) is 0 Å². The molecule has 0 bridgehead atoms. The van der Waals surface area contributed by atoms with Crippen molar-refractivity contribution in [3.63, 3.8) is 0 Å². The molecular formula is C55H77N6O9+. The van der Waals surface area contributed by atoms with Crippen LogP contribution in [0.1, 0.15) is 103 Å². The number of hydrazine groups is 1. The zero-order valence-corrected chi connectivity index (χ0v) is 42.1. The Labute approximate surface area is 414 Å². The van der Waals surface area contributed by atoms with E-state index in [2.05, 4.69) is 16.1 Å². The van der Waals surface area contributed by atoms with Crippen LogP contribution in [0.15, 0.2) is 90.8 Å². The number of hydrogen-bond donors (Lipinski definition) is 5. The third-order valence-electron chi connectivity index (χ3n) is 13.3. The molecule has 380 valence electrons. The van der Waals surface area contributed by atoms with Gasteiger partial charge in [0.1, 0.15) is 32.8 Å². The molecule has 15 nitrogen and oxygen atoms in total. The van der Waals surface area contributed by atoms with E-state index in [9.17, 15) is 28.8 Å². The van der Waals surface area contributed by atoms with Crippen molar-refractivity contribution in [2.45, 2.75) is 118 Å². The maximum atomic E-state index is 14.7. The first-order valence-corrected chi connectivity index (χ1v) is 24.9. The molecule has 0 radical (unpaired) electrons. The number of quaternary nitrogens is 1.